The van der Waals surface area contributed by atoms with Gasteiger partial charge in [0, 0.05) is 13.1 Å². The first-order valence-electron chi connectivity index (χ1n) is 3.87. The van der Waals surface area contributed by atoms with Crippen LogP contribution in [0.25, 0.3) is 11.2 Å². The van der Waals surface area contributed by atoms with Crippen LogP contribution in [0.4, 0.5) is 0 Å². The second-order valence-corrected chi connectivity index (χ2v) is 2.91. The fourth-order valence-electron chi connectivity index (χ4n) is 1.35. The molecule has 7 heteroatoms. The van der Waals surface area contributed by atoms with Crippen LogP contribution in [0.15, 0.2) is 17.2 Å². The van der Waals surface area contributed by atoms with E-state index < -0.39 is 11.5 Å². The van der Waals surface area contributed by atoms with Gasteiger partial charge in [-0.25, -0.2) is 9.78 Å². The molecular formula is C8H8ClN3O3. The number of aryl methyl sites for hydroxylation is 1. The second-order valence-electron chi connectivity index (χ2n) is 2.91. The van der Waals surface area contributed by atoms with Crippen molar-refractivity contribution in [2.75, 3.05) is 0 Å². The van der Waals surface area contributed by atoms with Gasteiger partial charge in [-0.05, 0) is 0 Å². The minimum atomic E-state index is -1.13. The SMILES string of the molecule is Cl.Cn1cnc2[nH]c(=O)cc(C(=O)O)c21. The average molecular weight is 230 g/mol. The highest BCUT2D eigenvalue weighted by Crippen LogP contribution is 2.12. The molecule has 0 aromatic carbocycles. The number of nitrogens with zero attached hydrogens (tertiary/aromatic N) is 2. The topological polar surface area (TPSA) is 88.0 Å². The molecule has 0 aliphatic carbocycles. The first kappa shape index (κ1) is 11.3. The van der Waals surface area contributed by atoms with Gasteiger partial charge in [-0.1, -0.05) is 0 Å². The minimum Gasteiger partial charge on any atom is -0.478 e. The number of aromatic carboxylic acids is 1. The number of fused-ring (bicyclic) bond motifs is 1. The molecule has 0 saturated heterocycles. The molecule has 0 saturated carbocycles. The highest BCUT2D eigenvalue weighted by atomic mass is 35.5. The van der Waals surface area contributed by atoms with Crippen LogP contribution in [0, 0.1) is 0 Å². The Bertz CT molecular complexity index is 572. The van der Waals surface area contributed by atoms with Gasteiger partial charge < -0.3 is 14.7 Å². The van der Waals surface area contributed by atoms with Gasteiger partial charge in [0.2, 0.25) is 0 Å². The molecule has 0 radical (unpaired) electrons. The van der Waals surface area contributed by atoms with E-state index in [1.807, 2.05) is 0 Å². The zero-order chi connectivity index (χ0) is 10.3. The maximum Gasteiger partial charge on any atom is 0.338 e. The molecule has 0 unspecified atom stereocenters. The van der Waals surface area contributed by atoms with Gasteiger partial charge in [-0.3, -0.25) is 4.79 Å². The van der Waals surface area contributed by atoms with Gasteiger partial charge >= 0.3 is 5.97 Å². The van der Waals surface area contributed by atoms with Crippen molar-refractivity contribution < 1.29 is 9.90 Å². The van der Waals surface area contributed by atoms with Crippen molar-refractivity contribution in [3.63, 3.8) is 0 Å². The van der Waals surface area contributed by atoms with Crippen molar-refractivity contribution in [3.05, 3.63) is 28.3 Å². The van der Waals surface area contributed by atoms with Crippen LogP contribution in [0.3, 0.4) is 0 Å². The highest BCUT2D eigenvalue weighted by molar-refractivity contribution is 5.99. The van der Waals surface area contributed by atoms with Crippen molar-refractivity contribution in [3.8, 4) is 0 Å². The highest BCUT2D eigenvalue weighted by Gasteiger charge is 2.13. The number of carboxylic acid groups (broad SMARTS) is 1. The summed E-state index contributed by atoms with van der Waals surface area (Å²) >= 11 is 0. The predicted molar refractivity (Wildman–Crippen MR) is 55.5 cm³/mol. The number of H-pyrrole nitrogens is 1. The molecule has 0 aliphatic heterocycles. The number of halogens is 1. The fourth-order valence-corrected chi connectivity index (χ4v) is 1.35. The average Bonchev–Trinajstić information content (AvgIpc) is 2.46. The molecule has 0 spiro atoms. The summed E-state index contributed by atoms with van der Waals surface area (Å²) < 4.78 is 1.55. The van der Waals surface area contributed by atoms with Gasteiger partial charge in [-0.2, -0.15) is 0 Å². The molecule has 2 aromatic rings. The lowest BCUT2D eigenvalue weighted by atomic mass is 10.2. The number of nitrogens with one attached hydrogen (secondary N) is 1. The van der Waals surface area contributed by atoms with E-state index in [4.69, 9.17) is 5.11 Å². The molecule has 15 heavy (non-hydrogen) atoms. The van der Waals surface area contributed by atoms with Crippen molar-refractivity contribution >= 4 is 29.5 Å². The van der Waals surface area contributed by atoms with E-state index in [2.05, 4.69) is 9.97 Å². The van der Waals surface area contributed by atoms with Crippen LogP contribution >= 0.6 is 12.4 Å². The Hall–Kier alpha value is -1.82. The van der Waals surface area contributed by atoms with Crippen LogP contribution in [-0.2, 0) is 7.05 Å². The first-order valence-corrected chi connectivity index (χ1v) is 3.87. The van der Waals surface area contributed by atoms with Gasteiger partial charge in [0.15, 0.2) is 5.65 Å². The van der Waals surface area contributed by atoms with Crippen molar-refractivity contribution in [2.24, 2.45) is 7.05 Å². The molecule has 2 N–H and O–H groups in total. The Morgan fingerprint density at radius 3 is 2.87 bits per heavy atom. The third-order valence-electron chi connectivity index (χ3n) is 1.94. The Balaban J connectivity index is 0.00000112. The van der Waals surface area contributed by atoms with Crippen LogP contribution < -0.4 is 5.56 Å². The molecule has 6 nitrogen and oxygen atoms in total. The summed E-state index contributed by atoms with van der Waals surface area (Å²) in [6.45, 7) is 0. The zero-order valence-corrected chi connectivity index (χ0v) is 8.54. The van der Waals surface area contributed by atoms with Crippen molar-refractivity contribution in [1.29, 1.82) is 0 Å². The largest absolute Gasteiger partial charge is 0.478 e. The number of hydrogen-bond donors (Lipinski definition) is 2. The summed E-state index contributed by atoms with van der Waals surface area (Å²) in [5, 5.41) is 8.86. The van der Waals surface area contributed by atoms with E-state index in [0.29, 0.717) is 5.52 Å². The number of aromatic amines is 1. The minimum absolute atomic E-state index is 0. The third-order valence-corrected chi connectivity index (χ3v) is 1.94. The summed E-state index contributed by atoms with van der Waals surface area (Å²) in [4.78, 5) is 28.2. The van der Waals surface area contributed by atoms with Crippen LogP contribution in [0.2, 0.25) is 0 Å². The lowest BCUT2D eigenvalue weighted by Crippen LogP contribution is -2.11. The van der Waals surface area contributed by atoms with Gasteiger partial charge in [-0.15, -0.1) is 12.4 Å². The second kappa shape index (κ2) is 3.74. The molecular weight excluding hydrogens is 222 g/mol. The van der Waals surface area contributed by atoms with Crippen molar-refractivity contribution in [1.82, 2.24) is 14.5 Å². The Labute approximate surface area is 90.0 Å². The molecule has 2 aromatic heterocycles. The van der Waals surface area contributed by atoms with E-state index in [9.17, 15) is 9.59 Å². The van der Waals surface area contributed by atoms with Crippen LogP contribution in [0.5, 0.6) is 0 Å². The van der Waals surface area contributed by atoms with Gasteiger partial charge in [0.25, 0.3) is 5.56 Å². The predicted octanol–water partition coefficient (Wildman–Crippen LogP) is 0.382. The zero-order valence-electron chi connectivity index (χ0n) is 7.72. The fraction of sp³-hybridized carbons (Fsp3) is 0.125. The summed E-state index contributed by atoms with van der Waals surface area (Å²) in [6.07, 6.45) is 1.45. The van der Waals surface area contributed by atoms with E-state index in [1.165, 1.54) is 6.33 Å². The Morgan fingerprint density at radius 1 is 1.60 bits per heavy atom. The van der Waals surface area contributed by atoms with E-state index in [-0.39, 0.29) is 23.6 Å². The lowest BCUT2D eigenvalue weighted by molar-refractivity contribution is 0.0698. The monoisotopic (exact) mass is 229 g/mol. The maximum atomic E-state index is 11.0. The van der Waals surface area contributed by atoms with E-state index >= 15 is 0 Å². The summed E-state index contributed by atoms with van der Waals surface area (Å²) in [5.41, 5.74) is 0.201. The van der Waals surface area contributed by atoms with E-state index in [1.54, 1.807) is 11.6 Å². The van der Waals surface area contributed by atoms with Gasteiger partial charge in [0.1, 0.15) is 0 Å². The lowest BCUT2D eigenvalue weighted by Gasteiger charge is -1.98. The molecule has 0 amide bonds. The maximum absolute atomic E-state index is 11.0. The molecule has 0 aliphatic rings. The van der Waals surface area contributed by atoms with Crippen LogP contribution in [0.1, 0.15) is 10.4 Å². The number of carbonyl (C=O) groups is 1. The van der Waals surface area contributed by atoms with Gasteiger partial charge in [0.05, 0.1) is 17.4 Å². The van der Waals surface area contributed by atoms with E-state index in [0.717, 1.165) is 6.07 Å². The smallest absolute Gasteiger partial charge is 0.338 e. The molecule has 2 rings (SSSR count). The third kappa shape index (κ3) is 1.71. The molecule has 2 heterocycles. The van der Waals surface area contributed by atoms with Crippen molar-refractivity contribution in [2.45, 2.75) is 0 Å². The normalized spacial score (nSPS) is 9.93. The summed E-state index contributed by atoms with van der Waals surface area (Å²) in [6, 6.07) is 1.05. The molecule has 0 bridgehead atoms. The standard InChI is InChI=1S/C8H7N3O3.ClH/c1-11-3-9-7-6(11)4(8(13)14)2-5(12)10-7;/h2-3H,1H3,(H,10,12)(H,13,14);1H. The number of imidazole rings is 1. The van der Waals surface area contributed by atoms with Crippen LogP contribution in [-0.4, -0.2) is 25.6 Å². The Morgan fingerprint density at radius 2 is 2.27 bits per heavy atom. The number of hydrogen-bond acceptors (Lipinski definition) is 3. The number of rotatable bonds is 1. The summed E-state index contributed by atoms with van der Waals surface area (Å²) in [5.74, 6) is -1.13. The summed E-state index contributed by atoms with van der Waals surface area (Å²) in [7, 11) is 1.67. The number of pyridine rings is 1. The quantitative estimate of drug-likeness (QED) is 0.740. The molecule has 0 atom stereocenters. The molecule has 0 fully saturated rings. The number of carboxylic acids is 1. The first-order chi connectivity index (χ1) is 6.59. The molecule has 80 valence electrons. The number of aromatic nitrogens is 3. The Kier molecular flexibility index (Phi) is 2.81.